The summed E-state index contributed by atoms with van der Waals surface area (Å²) < 4.78 is 6.26. The van der Waals surface area contributed by atoms with Gasteiger partial charge in [0.1, 0.15) is 6.54 Å². The highest BCUT2D eigenvalue weighted by molar-refractivity contribution is 7.13. The molecule has 1 saturated heterocycles. The molecule has 27 heavy (non-hydrogen) atoms. The van der Waals surface area contributed by atoms with Gasteiger partial charge in [-0.2, -0.15) is 4.68 Å². The van der Waals surface area contributed by atoms with Crippen molar-refractivity contribution >= 4 is 17.2 Å². The molecule has 0 aliphatic carbocycles. The molecule has 8 heteroatoms. The SMILES string of the molecule is O=C(Cn1nc(-c2cccs2)oc1=O)N1CCN(Cc2ccccc2)CC1. The largest absolute Gasteiger partial charge is 0.437 e. The van der Waals surface area contributed by atoms with Crippen LogP contribution >= 0.6 is 11.3 Å². The van der Waals surface area contributed by atoms with E-state index in [-0.39, 0.29) is 18.3 Å². The van der Waals surface area contributed by atoms with Gasteiger partial charge in [-0.1, -0.05) is 36.4 Å². The van der Waals surface area contributed by atoms with Crippen molar-refractivity contribution in [3.05, 3.63) is 64.0 Å². The molecule has 0 unspecified atom stereocenters. The smallest absolute Gasteiger partial charge is 0.387 e. The van der Waals surface area contributed by atoms with Crippen molar-refractivity contribution in [3.8, 4) is 10.8 Å². The van der Waals surface area contributed by atoms with Gasteiger partial charge in [-0.3, -0.25) is 9.69 Å². The van der Waals surface area contributed by atoms with E-state index in [0.29, 0.717) is 13.1 Å². The molecule has 0 N–H and O–H groups in total. The molecule has 2 aromatic heterocycles. The summed E-state index contributed by atoms with van der Waals surface area (Å²) in [5, 5.41) is 6.03. The molecule has 3 aromatic rings. The fourth-order valence-corrected chi connectivity index (χ4v) is 3.78. The number of aromatic nitrogens is 2. The summed E-state index contributed by atoms with van der Waals surface area (Å²) in [5.41, 5.74) is 1.27. The first-order valence-electron chi connectivity index (χ1n) is 8.85. The van der Waals surface area contributed by atoms with E-state index in [1.807, 2.05) is 35.7 Å². The van der Waals surface area contributed by atoms with Crippen LogP contribution in [0, 0.1) is 0 Å². The van der Waals surface area contributed by atoms with Crippen molar-refractivity contribution in [2.24, 2.45) is 0 Å². The molecule has 0 radical (unpaired) electrons. The Morgan fingerprint density at radius 1 is 1.07 bits per heavy atom. The van der Waals surface area contributed by atoms with E-state index in [1.165, 1.54) is 16.9 Å². The Labute approximate surface area is 160 Å². The third-order valence-corrected chi connectivity index (χ3v) is 5.46. The van der Waals surface area contributed by atoms with Gasteiger partial charge in [0.05, 0.1) is 4.88 Å². The normalized spacial score (nSPS) is 15.2. The molecule has 1 aromatic carbocycles. The van der Waals surface area contributed by atoms with Gasteiger partial charge in [0.2, 0.25) is 5.91 Å². The first kappa shape index (κ1) is 17.7. The molecule has 4 rings (SSSR count). The van der Waals surface area contributed by atoms with E-state index in [9.17, 15) is 9.59 Å². The zero-order valence-electron chi connectivity index (χ0n) is 14.8. The first-order chi connectivity index (χ1) is 13.2. The lowest BCUT2D eigenvalue weighted by atomic mass is 10.2. The summed E-state index contributed by atoms with van der Waals surface area (Å²) >= 11 is 1.44. The molecule has 1 aliphatic rings. The minimum absolute atomic E-state index is 0.0909. The van der Waals surface area contributed by atoms with Crippen LogP contribution in [0.4, 0.5) is 0 Å². The number of hydrogen-bond acceptors (Lipinski definition) is 6. The molecule has 0 saturated carbocycles. The number of thiophene rings is 1. The highest BCUT2D eigenvalue weighted by Crippen LogP contribution is 2.21. The Kier molecular flexibility index (Phi) is 5.17. The van der Waals surface area contributed by atoms with E-state index < -0.39 is 5.76 Å². The van der Waals surface area contributed by atoms with Crippen LogP contribution in [0.15, 0.2) is 57.1 Å². The standard InChI is InChI=1S/C19H20N4O3S/c24-17(14-23-19(25)26-18(20-23)16-7-4-12-27-16)22-10-8-21(9-11-22)13-15-5-2-1-3-6-15/h1-7,12H,8-11,13-14H2. The molecule has 3 heterocycles. The Hall–Kier alpha value is -2.71. The monoisotopic (exact) mass is 384 g/mol. The van der Waals surface area contributed by atoms with Crippen molar-refractivity contribution in [1.29, 1.82) is 0 Å². The molecule has 0 bridgehead atoms. The van der Waals surface area contributed by atoms with Crippen LogP contribution in [-0.2, 0) is 17.9 Å². The topological polar surface area (TPSA) is 71.6 Å². The fourth-order valence-electron chi connectivity index (χ4n) is 3.13. The van der Waals surface area contributed by atoms with Crippen LogP contribution in [0.5, 0.6) is 0 Å². The Morgan fingerprint density at radius 2 is 1.85 bits per heavy atom. The Morgan fingerprint density at radius 3 is 2.56 bits per heavy atom. The van der Waals surface area contributed by atoms with Crippen LogP contribution in [0.2, 0.25) is 0 Å². The summed E-state index contributed by atoms with van der Waals surface area (Å²) in [4.78, 5) is 29.4. The van der Waals surface area contributed by atoms with E-state index in [0.717, 1.165) is 29.2 Å². The van der Waals surface area contributed by atoms with Gasteiger partial charge in [-0.15, -0.1) is 16.4 Å². The summed E-state index contributed by atoms with van der Waals surface area (Å²) in [6, 6.07) is 14.0. The lowest BCUT2D eigenvalue weighted by molar-refractivity contribution is -0.134. The zero-order valence-corrected chi connectivity index (χ0v) is 15.6. The van der Waals surface area contributed by atoms with Gasteiger partial charge in [0, 0.05) is 32.7 Å². The third-order valence-electron chi connectivity index (χ3n) is 4.60. The summed E-state index contributed by atoms with van der Waals surface area (Å²) in [6.07, 6.45) is 0. The number of carbonyl (C=O) groups is 1. The number of nitrogens with zero attached hydrogens (tertiary/aromatic N) is 4. The zero-order chi connectivity index (χ0) is 18.6. The Bertz CT molecular complexity index is 941. The minimum atomic E-state index is -0.602. The number of amides is 1. The van der Waals surface area contributed by atoms with Crippen molar-refractivity contribution in [2.45, 2.75) is 13.1 Å². The van der Waals surface area contributed by atoms with Crippen LogP contribution in [0.1, 0.15) is 5.56 Å². The van der Waals surface area contributed by atoms with Crippen LogP contribution < -0.4 is 5.76 Å². The lowest BCUT2D eigenvalue weighted by Gasteiger charge is -2.34. The summed E-state index contributed by atoms with van der Waals surface area (Å²) in [6.45, 7) is 3.72. The average molecular weight is 384 g/mol. The number of hydrogen-bond donors (Lipinski definition) is 0. The van der Waals surface area contributed by atoms with Crippen molar-refractivity contribution in [2.75, 3.05) is 26.2 Å². The molecule has 1 fully saturated rings. The van der Waals surface area contributed by atoms with Gasteiger partial charge >= 0.3 is 5.76 Å². The van der Waals surface area contributed by atoms with Gasteiger partial charge in [0.25, 0.3) is 5.89 Å². The quantitative estimate of drug-likeness (QED) is 0.672. The van der Waals surface area contributed by atoms with E-state index in [1.54, 1.807) is 4.90 Å². The number of benzene rings is 1. The van der Waals surface area contributed by atoms with Gasteiger partial charge < -0.3 is 9.32 Å². The number of rotatable bonds is 5. The molecule has 0 spiro atoms. The van der Waals surface area contributed by atoms with Gasteiger partial charge in [-0.05, 0) is 17.0 Å². The van der Waals surface area contributed by atoms with E-state index >= 15 is 0 Å². The maximum atomic E-state index is 12.5. The predicted molar refractivity (Wildman–Crippen MR) is 102 cm³/mol. The molecule has 140 valence electrons. The van der Waals surface area contributed by atoms with Crippen LogP contribution in [0.3, 0.4) is 0 Å². The van der Waals surface area contributed by atoms with Crippen LogP contribution in [0.25, 0.3) is 10.8 Å². The Balaban J connectivity index is 1.33. The average Bonchev–Trinajstić information content (AvgIpc) is 3.34. The van der Waals surface area contributed by atoms with Gasteiger partial charge in [-0.25, -0.2) is 4.79 Å². The molecule has 0 atom stereocenters. The minimum Gasteiger partial charge on any atom is -0.387 e. The maximum absolute atomic E-state index is 12.5. The summed E-state index contributed by atoms with van der Waals surface area (Å²) in [7, 11) is 0. The molecule has 1 amide bonds. The second-order valence-electron chi connectivity index (χ2n) is 6.45. The second kappa shape index (κ2) is 7.89. The highest BCUT2D eigenvalue weighted by atomic mass is 32.1. The molecule has 7 nitrogen and oxygen atoms in total. The highest BCUT2D eigenvalue weighted by Gasteiger charge is 2.23. The molecular formula is C19H20N4O3S. The van der Waals surface area contributed by atoms with Crippen LogP contribution in [-0.4, -0.2) is 51.7 Å². The fraction of sp³-hybridized carbons (Fsp3) is 0.316. The number of piperazine rings is 1. The second-order valence-corrected chi connectivity index (χ2v) is 7.40. The van der Waals surface area contributed by atoms with E-state index in [2.05, 4.69) is 22.1 Å². The maximum Gasteiger partial charge on any atom is 0.437 e. The first-order valence-corrected chi connectivity index (χ1v) is 9.73. The third kappa shape index (κ3) is 4.17. The van der Waals surface area contributed by atoms with E-state index in [4.69, 9.17) is 4.42 Å². The van der Waals surface area contributed by atoms with Crippen molar-refractivity contribution < 1.29 is 9.21 Å². The summed E-state index contributed by atoms with van der Waals surface area (Å²) in [5.74, 6) is -0.451. The van der Waals surface area contributed by atoms with Crippen molar-refractivity contribution in [1.82, 2.24) is 19.6 Å². The molecule has 1 aliphatic heterocycles. The number of carbonyl (C=O) groups excluding carboxylic acids is 1. The van der Waals surface area contributed by atoms with Gasteiger partial charge in [0.15, 0.2) is 0 Å². The lowest BCUT2D eigenvalue weighted by Crippen LogP contribution is -2.49. The van der Waals surface area contributed by atoms with Crippen molar-refractivity contribution in [3.63, 3.8) is 0 Å². The predicted octanol–water partition coefficient (Wildman–Crippen LogP) is 1.91. The molecular weight excluding hydrogens is 364 g/mol.